The molecule has 0 spiro atoms. The van der Waals surface area contributed by atoms with E-state index in [1.807, 2.05) is 0 Å². The Morgan fingerprint density at radius 2 is 1.69 bits per heavy atom. The summed E-state index contributed by atoms with van der Waals surface area (Å²) >= 11 is 6.01. The average Bonchev–Trinajstić information content (AvgIpc) is 3.12. The van der Waals surface area contributed by atoms with Gasteiger partial charge in [-0.2, -0.15) is 0 Å². The fraction of sp³-hybridized carbons (Fsp3) is 0.100. The van der Waals surface area contributed by atoms with Crippen molar-refractivity contribution in [3.05, 3.63) is 90.7 Å². The van der Waals surface area contributed by atoms with Crippen molar-refractivity contribution in [3.63, 3.8) is 0 Å². The number of nitro benzene ring substituents is 1. The second-order valence-corrected chi connectivity index (χ2v) is 7.03. The summed E-state index contributed by atoms with van der Waals surface area (Å²) in [5, 5.41) is 12.1. The smallest absolute Gasteiger partial charge is 0.313 e. The third-order valence-electron chi connectivity index (χ3n) is 4.88. The Labute approximate surface area is 169 Å². The van der Waals surface area contributed by atoms with Gasteiger partial charge in [-0.15, -0.1) is 0 Å². The molecule has 4 aromatic rings. The van der Waals surface area contributed by atoms with Crippen molar-refractivity contribution < 1.29 is 4.92 Å². The van der Waals surface area contributed by atoms with Gasteiger partial charge < -0.3 is 4.57 Å². The fourth-order valence-electron chi connectivity index (χ4n) is 3.39. The first-order valence-electron chi connectivity index (χ1n) is 8.61. The number of fused-ring (bicyclic) bond motifs is 1. The van der Waals surface area contributed by atoms with Crippen LogP contribution in [-0.4, -0.2) is 18.6 Å². The van der Waals surface area contributed by atoms with Crippen molar-refractivity contribution in [2.45, 2.75) is 0 Å². The van der Waals surface area contributed by atoms with Crippen molar-refractivity contribution in [1.29, 1.82) is 0 Å². The van der Waals surface area contributed by atoms with E-state index in [4.69, 9.17) is 11.6 Å². The van der Waals surface area contributed by atoms with Crippen molar-refractivity contribution >= 4 is 28.2 Å². The van der Waals surface area contributed by atoms with Crippen LogP contribution in [0.2, 0.25) is 5.02 Å². The fourth-order valence-corrected chi connectivity index (χ4v) is 3.52. The summed E-state index contributed by atoms with van der Waals surface area (Å²) < 4.78 is 4.10. The average molecular weight is 411 g/mol. The van der Waals surface area contributed by atoms with Gasteiger partial charge in [0, 0.05) is 37.4 Å². The number of nitrogens with zero attached hydrogens (tertiary/aromatic N) is 4. The first kappa shape index (κ1) is 18.7. The molecule has 0 radical (unpaired) electrons. The highest BCUT2D eigenvalue weighted by Crippen LogP contribution is 2.32. The quantitative estimate of drug-likeness (QED) is 0.383. The molecule has 146 valence electrons. The minimum atomic E-state index is -0.483. The van der Waals surface area contributed by atoms with Crippen LogP contribution < -0.4 is 11.2 Å². The van der Waals surface area contributed by atoms with E-state index in [9.17, 15) is 19.7 Å². The molecular formula is C20H15ClN4O4. The Bertz CT molecular complexity index is 1400. The molecule has 0 bridgehead atoms. The second kappa shape index (κ2) is 6.75. The van der Waals surface area contributed by atoms with Gasteiger partial charge in [-0.05, 0) is 23.8 Å². The maximum atomic E-state index is 13.0. The number of nitro groups is 1. The van der Waals surface area contributed by atoms with Gasteiger partial charge in [0.2, 0.25) is 0 Å². The molecule has 0 unspecified atom stereocenters. The number of aromatic nitrogens is 3. The SMILES string of the molecule is Cn1c(=O)c2c(-c3ccc(Cl)cc3)n(-c3cccc([N+](=O)[O-])c3)cc2n(C)c1=O. The molecule has 2 aromatic heterocycles. The predicted molar refractivity (Wildman–Crippen MR) is 111 cm³/mol. The van der Waals surface area contributed by atoms with Crippen LogP contribution >= 0.6 is 11.6 Å². The number of benzene rings is 2. The Balaban J connectivity index is 2.17. The van der Waals surface area contributed by atoms with E-state index in [2.05, 4.69) is 0 Å². The van der Waals surface area contributed by atoms with Crippen LogP contribution in [0.25, 0.3) is 27.8 Å². The van der Waals surface area contributed by atoms with Gasteiger partial charge in [-0.1, -0.05) is 29.8 Å². The van der Waals surface area contributed by atoms with E-state index < -0.39 is 16.2 Å². The Hall–Kier alpha value is -3.65. The lowest BCUT2D eigenvalue weighted by Gasteiger charge is -2.10. The van der Waals surface area contributed by atoms with E-state index in [-0.39, 0.29) is 5.69 Å². The summed E-state index contributed by atoms with van der Waals surface area (Å²) in [5.41, 5.74) is 1.15. The first-order valence-corrected chi connectivity index (χ1v) is 8.99. The van der Waals surface area contributed by atoms with Gasteiger partial charge >= 0.3 is 5.69 Å². The minimum absolute atomic E-state index is 0.0795. The highest BCUT2D eigenvalue weighted by Gasteiger charge is 2.21. The van der Waals surface area contributed by atoms with Gasteiger partial charge in [-0.3, -0.25) is 24.0 Å². The normalized spacial score (nSPS) is 11.1. The molecule has 0 amide bonds. The van der Waals surface area contributed by atoms with E-state index in [0.29, 0.717) is 32.9 Å². The van der Waals surface area contributed by atoms with E-state index in [1.165, 1.54) is 23.7 Å². The summed E-state index contributed by atoms with van der Waals surface area (Å²) in [7, 11) is 2.99. The third kappa shape index (κ3) is 2.94. The molecule has 0 aliphatic heterocycles. The van der Waals surface area contributed by atoms with Crippen molar-refractivity contribution in [2.75, 3.05) is 0 Å². The molecule has 0 fully saturated rings. The van der Waals surface area contributed by atoms with Crippen LogP contribution in [0.5, 0.6) is 0 Å². The topological polar surface area (TPSA) is 92.1 Å². The zero-order valence-corrected chi connectivity index (χ0v) is 16.3. The van der Waals surface area contributed by atoms with Crippen molar-refractivity contribution in [3.8, 4) is 16.9 Å². The lowest BCUT2D eigenvalue weighted by molar-refractivity contribution is -0.384. The molecule has 4 rings (SSSR count). The van der Waals surface area contributed by atoms with E-state index >= 15 is 0 Å². The maximum Gasteiger partial charge on any atom is 0.330 e. The number of hydrogen-bond donors (Lipinski definition) is 0. The number of halogens is 1. The zero-order valence-electron chi connectivity index (χ0n) is 15.5. The van der Waals surface area contributed by atoms with Gasteiger partial charge in [0.25, 0.3) is 11.2 Å². The van der Waals surface area contributed by atoms with Gasteiger partial charge in [-0.25, -0.2) is 4.79 Å². The number of hydrogen-bond acceptors (Lipinski definition) is 4. The lowest BCUT2D eigenvalue weighted by Crippen LogP contribution is -2.36. The first-order chi connectivity index (χ1) is 13.8. The lowest BCUT2D eigenvalue weighted by atomic mass is 10.1. The van der Waals surface area contributed by atoms with Crippen LogP contribution in [0.4, 0.5) is 5.69 Å². The molecule has 0 atom stereocenters. The molecule has 29 heavy (non-hydrogen) atoms. The van der Waals surface area contributed by atoms with Crippen LogP contribution in [-0.2, 0) is 14.1 Å². The molecule has 0 aliphatic carbocycles. The monoisotopic (exact) mass is 410 g/mol. The number of non-ortho nitro benzene ring substituents is 1. The molecule has 2 aromatic carbocycles. The van der Waals surface area contributed by atoms with Crippen molar-refractivity contribution in [1.82, 2.24) is 13.7 Å². The molecule has 2 heterocycles. The van der Waals surface area contributed by atoms with Gasteiger partial charge in [0.05, 0.1) is 27.2 Å². The molecule has 8 nitrogen and oxygen atoms in total. The Kier molecular flexibility index (Phi) is 4.35. The highest BCUT2D eigenvalue weighted by atomic mass is 35.5. The van der Waals surface area contributed by atoms with Crippen LogP contribution in [0.3, 0.4) is 0 Å². The Morgan fingerprint density at radius 3 is 2.34 bits per heavy atom. The number of rotatable bonds is 3. The minimum Gasteiger partial charge on any atom is -0.313 e. The Morgan fingerprint density at radius 1 is 1.00 bits per heavy atom. The third-order valence-corrected chi connectivity index (χ3v) is 5.13. The summed E-state index contributed by atoms with van der Waals surface area (Å²) in [6, 6.07) is 13.0. The molecule has 0 saturated carbocycles. The maximum absolute atomic E-state index is 13.0. The van der Waals surface area contributed by atoms with Crippen molar-refractivity contribution in [2.24, 2.45) is 14.1 Å². The highest BCUT2D eigenvalue weighted by molar-refractivity contribution is 6.30. The molecule has 9 heteroatoms. The molecule has 0 N–H and O–H groups in total. The molecular weight excluding hydrogens is 396 g/mol. The van der Waals surface area contributed by atoms with Gasteiger partial charge in [0.15, 0.2) is 0 Å². The summed E-state index contributed by atoms with van der Waals surface area (Å²) in [5.74, 6) is 0. The largest absolute Gasteiger partial charge is 0.330 e. The van der Waals surface area contributed by atoms with Gasteiger partial charge in [0.1, 0.15) is 0 Å². The summed E-state index contributed by atoms with van der Waals surface area (Å²) in [6.07, 6.45) is 1.64. The number of aryl methyl sites for hydroxylation is 1. The molecule has 0 saturated heterocycles. The summed E-state index contributed by atoms with van der Waals surface area (Å²) in [6.45, 7) is 0. The van der Waals surface area contributed by atoms with Crippen LogP contribution in [0, 0.1) is 10.1 Å². The second-order valence-electron chi connectivity index (χ2n) is 6.60. The van der Waals surface area contributed by atoms with E-state index in [0.717, 1.165) is 4.57 Å². The van der Waals surface area contributed by atoms with Crippen LogP contribution in [0.1, 0.15) is 0 Å². The summed E-state index contributed by atoms with van der Waals surface area (Å²) in [4.78, 5) is 36.1. The van der Waals surface area contributed by atoms with E-state index in [1.54, 1.807) is 54.2 Å². The standard InChI is InChI=1S/C20H15ClN4O4/c1-22-16-11-24(14-4-3-5-15(10-14)25(28)29)18(12-6-8-13(21)9-7-12)17(16)19(26)23(2)20(22)27/h3-11H,1-2H3. The van der Waals surface area contributed by atoms with Crippen LogP contribution in [0.15, 0.2) is 64.3 Å². The molecule has 0 aliphatic rings. The zero-order chi connectivity index (χ0) is 20.9. The predicted octanol–water partition coefficient (Wildman–Crippen LogP) is 3.26.